The molecule has 3 aromatic carbocycles. The second-order valence-corrected chi connectivity index (χ2v) is 11.4. The minimum atomic E-state index is 0.725. The molecule has 2 N–H and O–H groups in total. The molecule has 0 atom stereocenters. The smallest absolute Gasteiger partial charge is 0.0503 e. The van der Waals surface area contributed by atoms with E-state index < -0.39 is 0 Å². The van der Waals surface area contributed by atoms with E-state index in [-0.39, 0.29) is 0 Å². The number of para-hydroxylation sites is 2. The Hall–Kier alpha value is -1.83. The molecule has 34 heavy (non-hydrogen) atoms. The van der Waals surface area contributed by atoms with Gasteiger partial charge in [0, 0.05) is 44.6 Å². The normalized spacial score (nSPS) is 12.4. The molecule has 1 aliphatic rings. The van der Waals surface area contributed by atoms with E-state index in [4.69, 9.17) is 9.92 Å². The average molecular weight is 509 g/mol. The van der Waals surface area contributed by atoms with Gasteiger partial charge in [0.15, 0.2) is 0 Å². The molecule has 0 saturated carbocycles. The quantitative estimate of drug-likeness (QED) is 0.201. The third kappa shape index (κ3) is 6.23. The van der Waals surface area contributed by atoms with Crippen LogP contribution in [0.3, 0.4) is 0 Å². The maximum atomic E-state index is 5.83. The van der Waals surface area contributed by atoms with Crippen molar-refractivity contribution in [3.05, 3.63) is 99.8 Å². The van der Waals surface area contributed by atoms with Crippen molar-refractivity contribution in [3.63, 3.8) is 0 Å². The Morgan fingerprint density at radius 1 is 0.765 bits per heavy atom. The van der Waals surface area contributed by atoms with Crippen molar-refractivity contribution in [2.75, 3.05) is 35.8 Å². The number of hydrogen-bond donors (Lipinski definition) is 1. The van der Waals surface area contributed by atoms with Gasteiger partial charge in [0.05, 0.1) is 7.11 Å². The Morgan fingerprint density at radius 3 is 1.97 bits per heavy atom. The third-order valence-electron chi connectivity index (χ3n) is 5.62. The predicted octanol–water partition coefficient (Wildman–Crippen LogP) is 7.56. The molecule has 0 radical (unpaired) electrons. The molecule has 1 heterocycles. The van der Waals surface area contributed by atoms with Crippen LogP contribution in [0.15, 0.2) is 83.1 Å². The zero-order chi connectivity index (χ0) is 23.6. The van der Waals surface area contributed by atoms with Crippen molar-refractivity contribution in [2.45, 2.75) is 19.4 Å². The highest BCUT2D eigenvalue weighted by Gasteiger charge is 2.28. The van der Waals surface area contributed by atoms with Crippen LogP contribution in [0.2, 0.25) is 0 Å². The van der Waals surface area contributed by atoms with E-state index in [1.54, 1.807) is 7.11 Å². The van der Waals surface area contributed by atoms with Gasteiger partial charge in [0.1, 0.15) is 0 Å². The highest BCUT2D eigenvalue weighted by atomic mass is 32.2. The summed E-state index contributed by atoms with van der Waals surface area (Å²) in [6.07, 6.45) is 2.13. The Bertz CT molecular complexity index is 1040. The van der Waals surface area contributed by atoms with E-state index in [1.165, 1.54) is 49.9 Å². The lowest BCUT2D eigenvalue weighted by Crippen LogP contribution is -2.23. The predicted molar refractivity (Wildman–Crippen MR) is 154 cm³/mol. The van der Waals surface area contributed by atoms with Crippen LogP contribution in [0, 0.1) is 0 Å². The zero-order valence-corrected chi connectivity index (χ0v) is 22.1. The van der Waals surface area contributed by atoms with Crippen LogP contribution >= 0.6 is 35.6 Å². The Morgan fingerprint density at radius 2 is 1.35 bits per heavy atom. The number of nitrogens with zero attached hydrogens (tertiary/aromatic N) is 1. The maximum Gasteiger partial charge on any atom is 0.0503 e. The van der Waals surface area contributed by atoms with Crippen LogP contribution < -0.4 is 10.6 Å². The van der Waals surface area contributed by atoms with Gasteiger partial charge in [0.25, 0.3) is 0 Å². The van der Waals surface area contributed by atoms with Gasteiger partial charge in [-0.1, -0.05) is 66.7 Å². The van der Waals surface area contributed by atoms with Crippen LogP contribution in [-0.2, 0) is 10.7 Å². The molecular formula is C28H32N2OS3. The summed E-state index contributed by atoms with van der Waals surface area (Å²) in [5.41, 5.74) is 13.7. The van der Waals surface area contributed by atoms with Gasteiger partial charge in [-0.15, -0.1) is 23.5 Å². The monoisotopic (exact) mass is 508 g/mol. The number of fused-ring (bicyclic) bond motifs is 2. The van der Waals surface area contributed by atoms with Gasteiger partial charge in [0.2, 0.25) is 0 Å². The molecule has 178 valence electrons. The Labute approximate surface area is 216 Å². The first-order chi connectivity index (χ1) is 16.8. The average Bonchev–Trinajstić information content (AvgIpc) is 2.88. The second-order valence-electron chi connectivity index (χ2n) is 7.95. The van der Waals surface area contributed by atoms with Crippen LogP contribution in [-0.4, -0.2) is 30.9 Å². The van der Waals surface area contributed by atoms with Crippen molar-refractivity contribution in [1.29, 1.82) is 0 Å². The molecule has 0 aliphatic carbocycles. The summed E-state index contributed by atoms with van der Waals surface area (Å²) in [5.74, 6) is 3.12. The standard InChI is InChI=1S/C28H32N2OS3/c1-31-34-20-10-19-33-28(32-18-9-17-29)27-23-13-5-7-15-25(23)30(21-22-11-3-2-4-12-22)26-16-8-6-14-24(26)27/h2-8,11-16H,9-10,17-21,29H2,1H3. The largest absolute Gasteiger partial charge is 0.336 e. The van der Waals surface area contributed by atoms with Gasteiger partial charge in [-0.2, -0.15) is 0 Å². The molecule has 0 fully saturated rings. The van der Waals surface area contributed by atoms with Crippen molar-refractivity contribution < 1.29 is 4.18 Å². The molecule has 0 saturated heterocycles. The SMILES string of the molecule is COSCCCSC(SCCCN)=C1c2ccccc2N(Cc2ccccc2)c2ccccc21. The van der Waals surface area contributed by atoms with Crippen molar-refractivity contribution >= 4 is 52.5 Å². The molecule has 6 heteroatoms. The summed E-state index contributed by atoms with van der Waals surface area (Å²) in [7, 11) is 1.74. The van der Waals surface area contributed by atoms with Gasteiger partial charge in [-0.05, 0) is 60.6 Å². The molecule has 4 rings (SSSR count). The maximum absolute atomic E-state index is 5.83. The third-order valence-corrected chi connectivity index (χ3v) is 8.94. The summed E-state index contributed by atoms with van der Waals surface area (Å²) >= 11 is 5.47. The number of hydrogen-bond acceptors (Lipinski definition) is 6. The first kappa shape index (κ1) is 25.3. The minimum Gasteiger partial charge on any atom is -0.336 e. The first-order valence-corrected chi connectivity index (χ1v) is 14.6. The molecule has 0 bridgehead atoms. The van der Waals surface area contributed by atoms with Crippen LogP contribution in [0.25, 0.3) is 5.57 Å². The molecular weight excluding hydrogens is 477 g/mol. The fourth-order valence-electron chi connectivity index (χ4n) is 4.07. The van der Waals surface area contributed by atoms with Gasteiger partial charge in [-0.3, -0.25) is 0 Å². The summed E-state index contributed by atoms with van der Waals surface area (Å²) < 4.78 is 6.57. The van der Waals surface area contributed by atoms with E-state index in [0.29, 0.717) is 0 Å². The lowest BCUT2D eigenvalue weighted by molar-refractivity contribution is 0.489. The topological polar surface area (TPSA) is 38.5 Å². The van der Waals surface area contributed by atoms with Crippen molar-refractivity contribution in [1.82, 2.24) is 0 Å². The highest BCUT2D eigenvalue weighted by Crippen LogP contribution is 2.50. The molecule has 0 aromatic heterocycles. The van der Waals surface area contributed by atoms with Crippen molar-refractivity contribution in [2.24, 2.45) is 5.73 Å². The zero-order valence-electron chi connectivity index (χ0n) is 19.6. The van der Waals surface area contributed by atoms with E-state index in [0.717, 1.165) is 43.2 Å². The first-order valence-electron chi connectivity index (χ1n) is 11.7. The highest BCUT2D eigenvalue weighted by molar-refractivity contribution is 8.22. The fraction of sp³-hybridized carbons (Fsp3) is 0.286. The lowest BCUT2D eigenvalue weighted by atomic mass is 9.91. The molecule has 0 spiro atoms. The number of nitrogens with two attached hydrogens (primary N) is 1. The summed E-state index contributed by atoms with van der Waals surface area (Å²) in [6, 6.07) is 28.4. The fourth-order valence-corrected chi connectivity index (χ4v) is 7.22. The molecule has 1 aliphatic heterocycles. The van der Waals surface area contributed by atoms with Gasteiger partial charge in [-0.25, -0.2) is 0 Å². The van der Waals surface area contributed by atoms with E-state index >= 15 is 0 Å². The molecule has 3 aromatic rings. The Balaban J connectivity index is 1.76. The van der Waals surface area contributed by atoms with Crippen molar-refractivity contribution in [3.8, 4) is 0 Å². The summed E-state index contributed by atoms with van der Waals surface area (Å²) in [6.45, 7) is 1.57. The number of rotatable bonds is 12. The minimum absolute atomic E-state index is 0.725. The number of benzene rings is 3. The molecule has 0 unspecified atom stereocenters. The summed E-state index contributed by atoms with van der Waals surface area (Å²) in [5, 5.41) is 0. The lowest BCUT2D eigenvalue weighted by Gasteiger charge is -2.35. The van der Waals surface area contributed by atoms with E-state index in [1.807, 2.05) is 23.5 Å². The number of anilines is 2. The van der Waals surface area contributed by atoms with Gasteiger partial charge >= 0.3 is 0 Å². The van der Waals surface area contributed by atoms with Crippen LogP contribution in [0.1, 0.15) is 29.5 Å². The van der Waals surface area contributed by atoms with E-state index in [2.05, 4.69) is 83.8 Å². The Kier molecular flexibility index (Phi) is 9.89. The van der Waals surface area contributed by atoms with E-state index in [9.17, 15) is 0 Å². The van der Waals surface area contributed by atoms with Gasteiger partial charge < -0.3 is 14.8 Å². The van der Waals surface area contributed by atoms with Crippen LogP contribution in [0.4, 0.5) is 11.4 Å². The second kappa shape index (κ2) is 13.3. The summed E-state index contributed by atoms with van der Waals surface area (Å²) in [4.78, 5) is 2.46. The molecule has 3 nitrogen and oxygen atoms in total. The molecule has 0 amide bonds. The van der Waals surface area contributed by atoms with Crippen LogP contribution in [0.5, 0.6) is 0 Å². The number of thioether (sulfide) groups is 2.